The maximum Gasteiger partial charge on any atom is 0.263 e. The molecular weight excluding hydrogens is 357 g/mol. The molecule has 0 heterocycles. The summed E-state index contributed by atoms with van der Waals surface area (Å²) in [5.74, 6) is -0.952. The minimum absolute atomic E-state index is 0.370. The van der Waals surface area contributed by atoms with Crippen LogP contribution in [0.4, 0.5) is 10.1 Å². The average molecular weight is 377 g/mol. The summed E-state index contributed by atoms with van der Waals surface area (Å²) < 4.78 is 38.3. The molecule has 0 saturated heterocycles. The van der Waals surface area contributed by atoms with Gasteiger partial charge in [0.25, 0.3) is 5.91 Å². The van der Waals surface area contributed by atoms with Crippen molar-refractivity contribution in [3.05, 3.63) is 66.0 Å². The number of para-hydroxylation sites is 1. The minimum Gasteiger partial charge on any atom is -0.271 e. The minimum atomic E-state index is -3.68. The van der Waals surface area contributed by atoms with Crippen LogP contribution in [-0.2, 0) is 14.8 Å². The van der Waals surface area contributed by atoms with Gasteiger partial charge in [0.2, 0.25) is 10.0 Å². The van der Waals surface area contributed by atoms with Gasteiger partial charge in [-0.25, -0.2) is 18.2 Å². The first kappa shape index (κ1) is 19.6. The third-order valence-electron chi connectivity index (χ3n) is 3.69. The molecule has 2 aromatic carbocycles. The predicted molar refractivity (Wildman–Crippen MR) is 100.0 cm³/mol. The number of carbonyl (C=O) groups is 1. The number of nitrogens with one attached hydrogen (secondary N) is 1. The molecule has 0 spiro atoms. The van der Waals surface area contributed by atoms with Crippen LogP contribution in [0.1, 0.15) is 19.4 Å². The summed E-state index contributed by atoms with van der Waals surface area (Å²) in [6.07, 6.45) is 1.04. The van der Waals surface area contributed by atoms with E-state index >= 15 is 0 Å². The van der Waals surface area contributed by atoms with Gasteiger partial charge in [0.1, 0.15) is 11.9 Å². The lowest BCUT2D eigenvalue weighted by Crippen LogP contribution is -2.46. The largest absolute Gasteiger partial charge is 0.271 e. The molecular formula is C18H20FN3O3S. The van der Waals surface area contributed by atoms with Crippen molar-refractivity contribution in [3.8, 4) is 0 Å². The second-order valence-corrected chi connectivity index (χ2v) is 7.61. The molecule has 0 saturated carbocycles. The molecule has 0 unspecified atom stereocenters. The molecule has 0 aromatic heterocycles. The van der Waals surface area contributed by atoms with E-state index < -0.39 is 22.0 Å². The molecule has 138 valence electrons. The van der Waals surface area contributed by atoms with E-state index in [1.165, 1.54) is 31.2 Å². The van der Waals surface area contributed by atoms with Crippen molar-refractivity contribution in [2.45, 2.75) is 19.9 Å². The smallest absolute Gasteiger partial charge is 0.263 e. The first-order chi connectivity index (χ1) is 12.2. The summed E-state index contributed by atoms with van der Waals surface area (Å²) in [5.41, 5.74) is 3.86. The maximum absolute atomic E-state index is 13.0. The van der Waals surface area contributed by atoms with Crippen molar-refractivity contribution in [1.82, 2.24) is 5.43 Å². The number of rotatable bonds is 6. The van der Waals surface area contributed by atoms with Crippen LogP contribution >= 0.6 is 0 Å². The lowest BCUT2D eigenvalue weighted by atomic mass is 10.1. The van der Waals surface area contributed by atoms with Gasteiger partial charge in [-0.05, 0) is 43.7 Å². The van der Waals surface area contributed by atoms with E-state index in [0.717, 1.165) is 10.6 Å². The molecule has 6 nitrogen and oxygen atoms in total. The number of sulfonamides is 1. The molecule has 0 radical (unpaired) electrons. The van der Waals surface area contributed by atoms with Crippen LogP contribution in [0.2, 0.25) is 0 Å². The molecule has 0 fully saturated rings. The van der Waals surface area contributed by atoms with Gasteiger partial charge in [-0.1, -0.05) is 30.3 Å². The zero-order valence-corrected chi connectivity index (χ0v) is 15.5. The molecule has 0 aliphatic rings. The third kappa shape index (κ3) is 4.89. The van der Waals surface area contributed by atoms with Crippen molar-refractivity contribution < 1.29 is 17.6 Å². The number of hydrogen-bond donors (Lipinski definition) is 1. The molecule has 0 aliphatic carbocycles. The summed E-state index contributed by atoms with van der Waals surface area (Å²) in [6.45, 7) is 3.13. The average Bonchev–Trinajstić information content (AvgIpc) is 2.59. The fourth-order valence-electron chi connectivity index (χ4n) is 2.37. The Morgan fingerprint density at radius 3 is 2.23 bits per heavy atom. The van der Waals surface area contributed by atoms with Crippen LogP contribution in [0.15, 0.2) is 59.7 Å². The highest BCUT2D eigenvalue weighted by Gasteiger charge is 2.28. The third-order valence-corrected chi connectivity index (χ3v) is 4.94. The van der Waals surface area contributed by atoms with E-state index in [4.69, 9.17) is 0 Å². The molecule has 26 heavy (non-hydrogen) atoms. The zero-order chi connectivity index (χ0) is 19.3. The van der Waals surface area contributed by atoms with E-state index in [1.54, 1.807) is 37.3 Å². The summed E-state index contributed by atoms with van der Waals surface area (Å²) in [4.78, 5) is 12.4. The molecule has 2 rings (SSSR count). The molecule has 1 atom stereocenters. The SMILES string of the molecule is C/C(=N/NC(=O)[C@H](C)N(c1ccccc1)S(C)(=O)=O)c1ccc(F)cc1. The summed E-state index contributed by atoms with van der Waals surface area (Å²) in [6, 6.07) is 13.0. The highest BCUT2D eigenvalue weighted by Crippen LogP contribution is 2.20. The van der Waals surface area contributed by atoms with Gasteiger partial charge in [0.05, 0.1) is 17.7 Å². The van der Waals surface area contributed by atoms with E-state index in [2.05, 4.69) is 10.5 Å². The highest BCUT2D eigenvalue weighted by molar-refractivity contribution is 7.92. The van der Waals surface area contributed by atoms with Crippen molar-refractivity contribution >= 4 is 27.3 Å². The van der Waals surface area contributed by atoms with Crippen LogP contribution in [0, 0.1) is 5.82 Å². The van der Waals surface area contributed by atoms with Gasteiger partial charge in [-0.2, -0.15) is 5.10 Å². The number of hydrogen-bond acceptors (Lipinski definition) is 4. The number of nitrogens with zero attached hydrogens (tertiary/aromatic N) is 2. The van der Waals surface area contributed by atoms with Gasteiger partial charge < -0.3 is 0 Å². The molecule has 2 aromatic rings. The second-order valence-electron chi connectivity index (χ2n) is 5.75. The molecule has 0 bridgehead atoms. The van der Waals surface area contributed by atoms with Gasteiger partial charge in [0.15, 0.2) is 0 Å². The van der Waals surface area contributed by atoms with Crippen LogP contribution in [0.25, 0.3) is 0 Å². The molecule has 1 amide bonds. The van der Waals surface area contributed by atoms with Crippen molar-refractivity contribution in [3.63, 3.8) is 0 Å². The second kappa shape index (κ2) is 8.09. The molecule has 8 heteroatoms. The van der Waals surface area contributed by atoms with Crippen LogP contribution < -0.4 is 9.73 Å². The van der Waals surface area contributed by atoms with Crippen molar-refractivity contribution in [2.24, 2.45) is 5.10 Å². The topological polar surface area (TPSA) is 78.8 Å². The Morgan fingerprint density at radius 1 is 1.12 bits per heavy atom. The Balaban J connectivity index is 2.19. The van der Waals surface area contributed by atoms with E-state index in [1.807, 2.05) is 0 Å². The van der Waals surface area contributed by atoms with E-state index in [9.17, 15) is 17.6 Å². The van der Waals surface area contributed by atoms with Gasteiger partial charge >= 0.3 is 0 Å². The van der Waals surface area contributed by atoms with Gasteiger partial charge in [-0.3, -0.25) is 9.10 Å². The van der Waals surface area contributed by atoms with Crippen molar-refractivity contribution in [1.29, 1.82) is 0 Å². The Hall–Kier alpha value is -2.74. The van der Waals surface area contributed by atoms with E-state index in [-0.39, 0.29) is 5.82 Å². The van der Waals surface area contributed by atoms with Crippen LogP contribution in [-0.4, -0.2) is 32.3 Å². The highest BCUT2D eigenvalue weighted by atomic mass is 32.2. The first-order valence-corrected chi connectivity index (χ1v) is 9.69. The Morgan fingerprint density at radius 2 is 1.69 bits per heavy atom. The maximum atomic E-state index is 13.0. The zero-order valence-electron chi connectivity index (χ0n) is 14.7. The number of benzene rings is 2. The Bertz CT molecular complexity index is 897. The first-order valence-electron chi connectivity index (χ1n) is 7.84. The predicted octanol–water partition coefficient (Wildman–Crippen LogP) is 2.52. The van der Waals surface area contributed by atoms with Gasteiger partial charge in [-0.15, -0.1) is 0 Å². The number of anilines is 1. The van der Waals surface area contributed by atoms with Crippen molar-refractivity contribution in [2.75, 3.05) is 10.6 Å². The van der Waals surface area contributed by atoms with Crippen LogP contribution in [0.3, 0.4) is 0 Å². The quantitative estimate of drug-likeness (QED) is 0.621. The fraction of sp³-hybridized carbons (Fsp3) is 0.222. The number of hydrazone groups is 1. The Kier molecular flexibility index (Phi) is 6.10. The summed E-state index contributed by atoms with van der Waals surface area (Å²) in [5, 5.41) is 3.98. The molecule has 1 N–H and O–H groups in total. The monoisotopic (exact) mass is 377 g/mol. The standard InChI is InChI=1S/C18H20FN3O3S/c1-13(15-9-11-16(19)12-10-15)20-21-18(23)14(2)22(26(3,24)25)17-7-5-4-6-8-17/h4-12,14H,1-3H3,(H,21,23)/b20-13-/t14-/m0/s1. The molecule has 0 aliphatic heterocycles. The lowest BCUT2D eigenvalue weighted by Gasteiger charge is -2.27. The normalized spacial score (nSPS) is 13.2. The van der Waals surface area contributed by atoms with Gasteiger partial charge in [0, 0.05) is 0 Å². The van der Waals surface area contributed by atoms with Crippen LogP contribution in [0.5, 0.6) is 0 Å². The summed E-state index contributed by atoms with van der Waals surface area (Å²) in [7, 11) is -3.68. The van der Waals surface area contributed by atoms with E-state index in [0.29, 0.717) is 17.0 Å². The fourth-order valence-corrected chi connectivity index (χ4v) is 3.55. The summed E-state index contributed by atoms with van der Waals surface area (Å²) >= 11 is 0. The lowest BCUT2D eigenvalue weighted by molar-refractivity contribution is -0.121. The Labute approximate surface area is 152 Å². The number of amides is 1. The number of halogens is 1. The number of carbonyl (C=O) groups excluding carboxylic acids is 1.